The number of carbonyl (C=O) groups excluding carboxylic acids is 1. The molecular weight excluding hydrogens is 446 g/mol. The van der Waals surface area contributed by atoms with Gasteiger partial charge in [-0.2, -0.15) is 4.31 Å². The quantitative estimate of drug-likeness (QED) is 0.565. The molecule has 0 unspecified atom stereocenters. The topological polar surface area (TPSA) is 111 Å². The van der Waals surface area contributed by atoms with Crippen molar-refractivity contribution in [2.24, 2.45) is 5.92 Å². The molecule has 0 aliphatic carbocycles. The number of nitrogens with one attached hydrogen (secondary N) is 1. The van der Waals surface area contributed by atoms with Crippen molar-refractivity contribution in [1.82, 2.24) is 8.87 Å². The normalized spacial score (nSPS) is 15.6. The number of sulfonamides is 1. The van der Waals surface area contributed by atoms with Crippen molar-refractivity contribution in [3.05, 3.63) is 53.0 Å². The molecule has 33 heavy (non-hydrogen) atoms. The summed E-state index contributed by atoms with van der Waals surface area (Å²) in [7, 11) is -2.14. The van der Waals surface area contributed by atoms with Gasteiger partial charge in [0.15, 0.2) is 5.58 Å². The average Bonchev–Trinajstić information content (AvgIpc) is 3.14. The maximum Gasteiger partial charge on any atom is 0.419 e. The van der Waals surface area contributed by atoms with E-state index in [0.29, 0.717) is 55.9 Å². The van der Waals surface area contributed by atoms with Gasteiger partial charge in [-0.25, -0.2) is 13.2 Å². The molecule has 2 aromatic carbocycles. The fourth-order valence-electron chi connectivity index (χ4n) is 4.16. The Morgan fingerprint density at radius 2 is 1.85 bits per heavy atom. The van der Waals surface area contributed by atoms with E-state index in [2.05, 4.69) is 5.32 Å². The Morgan fingerprint density at radius 1 is 1.15 bits per heavy atom. The zero-order valence-electron chi connectivity index (χ0n) is 18.6. The zero-order valence-corrected chi connectivity index (χ0v) is 19.4. The molecule has 9 nitrogen and oxygen atoms in total. The van der Waals surface area contributed by atoms with Crippen LogP contribution in [0.3, 0.4) is 0 Å². The van der Waals surface area contributed by atoms with Crippen LogP contribution >= 0.6 is 0 Å². The van der Waals surface area contributed by atoms with Crippen molar-refractivity contribution in [1.29, 1.82) is 0 Å². The van der Waals surface area contributed by atoms with E-state index < -0.39 is 15.8 Å². The lowest BCUT2D eigenvalue weighted by Crippen LogP contribution is -2.39. The molecule has 0 spiro atoms. The number of hydrogen-bond acceptors (Lipinski definition) is 6. The maximum atomic E-state index is 13.1. The Morgan fingerprint density at radius 3 is 2.48 bits per heavy atom. The van der Waals surface area contributed by atoms with Crippen molar-refractivity contribution in [2.75, 3.05) is 25.5 Å². The Labute approximate surface area is 192 Å². The number of piperidine rings is 1. The summed E-state index contributed by atoms with van der Waals surface area (Å²) in [6, 6.07) is 11.6. The minimum atomic E-state index is -3.72. The van der Waals surface area contributed by atoms with E-state index in [0.717, 1.165) is 0 Å². The predicted octanol–water partition coefficient (Wildman–Crippen LogP) is 3.05. The van der Waals surface area contributed by atoms with E-state index in [1.54, 1.807) is 37.4 Å². The predicted molar refractivity (Wildman–Crippen MR) is 124 cm³/mol. The summed E-state index contributed by atoms with van der Waals surface area (Å²) < 4.78 is 39.5. The van der Waals surface area contributed by atoms with Gasteiger partial charge in [0.25, 0.3) is 0 Å². The summed E-state index contributed by atoms with van der Waals surface area (Å²) >= 11 is 0. The molecule has 1 amide bonds. The van der Waals surface area contributed by atoms with E-state index >= 15 is 0 Å². The van der Waals surface area contributed by atoms with Crippen LogP contribution in [0.5, 0.6) is 5.75 Å². The molecule has 0 bridgehead atoms. The van der Waals surface area contributed by atoms with Gasteiger partial charge in [0.05, 0.1) is 17.5 Å². The van der Waals surface area contributed by atoms with Gasteiger partial charge >= 0.3 is 5.76 Å². The molecule has 10 heteroatoms. The minimum Gasteiger partial charge on any atom is -0.497 e. The van der Waals surface area contributed by atoms with E-state index in [1.165, 1.54) is 21.0 Å². The molecule has 4 rings (SSSR count). The summed E-state index contributed by atoms with van der Waals surface area (Å²) in [5, 5.41) is 2.87. The molecule has 0 saturated carbocycles. The van der Waals surface area contributed by atoms with Gasteiger partial charge in [-0.1, -0.05) is 0 Å². The Hall–Kier alpha value is -3.11. The lowest BCUT2D eigenvalue weighted by Gasteiger charge is -2.31. The van der Waals surface area contributed by atoms with Gasteiger partial charge in [-0.3, -0.25) is 9.36 Å². The second-order valence-electron chi connectivity index (χ2n) is 8.07. The van der Waals surface area contributed by atoms with Crippen LogP contribution in [0, 0.1) is 5.92 Å². The first-order valence-electron chi connectivity index (χ1n) is 10.9. The average molecular weight is 474 g/mol. The highest BCUT2D eigenvalue weighted by Crippen LogP contribution is 2.28. The van der Waals surface area contributed by atoms with Gasteiger partial charge < -0.3 is 14.5 Å². The van der Waals surface area contributed by atoms with Crippen LogP contribution in [0.4, 0.5) is 5.69 Å². The van der Waals surface area contributed by atoms with Crippen molar-refractivity contribution in [3.8, 4) is 5.75 Å². The van der Waals surface area contributed by atoms with Crippen molar-refractivity contribution in [3.63, 3.8) is 0 Å². The molecule has 2 heterocycles. The van der Waals surface area contributed by atoms with Crippen LogP contribution in [-0.4, -0.2) is 43.4 Å². The Bertz CT molecular complexity index is 1300. The lowest BCUT2D eigenvalue weighted by molar-refractivity contribution is -0.117. The number of nitrogens with zero attached hydrogens (tertiary/aromatic N) is 2. The molecule has 176 valence electrons. The molecule has 1 aliphatic heterocycles. The number of rotatable bonds is 7. The monoisotopic (exact) mass is 473 g/mol. The largest absolute Gasteiger partial charge is 0.497 e. The van der Waals surface area contributed by atoms with Crippen LogP contribution in [0.2, 0.25) is 0 Å². The van der Waals surface area contributed by atoms with Gasteiger partial charge in [0.2, 0.25) is 15.9 Å². The van der Waals surface area contributed by atoms with Crippen LogP contribution in [0.25, 0.3) is 11.1 Å². The summed E-state index contributed by atoms with van der Waals surface area (Å²) in [5.41, 5.74) is 1.52. The third-order valence-electron chi connectivity index (χ3n) is 6.02. The van der Waals surface area contributed by atoms with Crippen LogP contribution in [-0.2, 0) is 21.4 Å². The van der Waals surface area contributed by atoms with Crippen molar-refractivity contribution >= 4 is 32.7 Å². The molecule has 1 aromatic heterocycles. The summed E-state index contributed by atoms with van der Waals surface area (Å²) in [4.78, 5) is 24.4. The minimum absolute atomic E-state index is 0.0950. The first-order valence-corrected chi connectivity index (χ1v) is 12.3. The number of aromatic nitrogens is 1. The molecule has 1 aliphatic rings. The smallest absolute Gasteiger partial charge is 0.419 e. The molecular formula is C23H27N3O6S. The summed E-state index contributed by atoms with van der Waals surface area (Å²) in [6.45, 7) is 2.93. The summed E-state index contributed by atoms with van der Waals surface area (Å²) in [5.74, 6) is 0.220. The van der Waals surface area contributed by atoms with Gasteiger partial charge in [-0.05, 0) is 62.1 Å². The number of oxazole rings is 1. The number of amides is 1. The van der Waals surface area contributed by atoms with E-state index in [9.17, 15) is 18.0 Å². The van der Waals surface area contributed by atoms with E-state index in [-0.39, 0.29) is 22.3 Å². The van der Waals surface area contributed by atoms with Crippen LogP contribution in [0.1, 0.15) is 26.2 Å². The Kier molecular flexibility index (Phi) is 6.57. The van der Waals surface area contributed by atoms with Gasteiger partial charge in [0.1, 0.15) is 5.75 Å². The standard InChI is InChI=1S/C23H27N3O6S/c1-3-26-20-9-8-19(15-21(20)32-23(26)28)33(29,30)25-12-10-16(11-13-25)14-22(27)24-17-4-6-18(31-2)7-5-17/h4-9,15-16H,3,10-14H2,1-2H3,(H,24,27). The van der Waals surface area contributed by atoms with Crippen LogP contribution in [0.15, 0.2) is 56.6 Å². The molecule has 1 saturated heterocycles. The first kappa shape index (κ1) is 23.1. The fourth-order valence-corrected chi connectivity index (χ4v) is 5.64. The molecule has 1 N–H and O–H groups in total. The molecule has 0 atom stereocenters. The summed E-state index contributed by atoms with van der Waals surface area (Å²) in [6.07, 6.45) is 1.53. The van der Waals surface area contributed by atoms with Gasteiger partial charge in [-0.15, -0.1) is 0 Å². The second kappa shape index (κ2) is 9.40. The highest BCUT2D eigenvalue weighted by Gasteiger charge is 2.30. The van der Waals surface area contributed by atoms with E-state index in [1.807, 2.05) is 6.92 Å². The van der Waals surface area contributed by atoms with Crippen molar-refractivity contribution < 1.29 is 22.4 Å². The van der Waals surface area contributed by atoms with Crippen LogP contribution < -0.4 is 15.8 Å². The fraction of sp³-hybridized carbons (Fsp3) is 0.391. The number of ether oxygens (including phenoxy) is 1. The zero-order chi connectivity index (χ0) is 23.6. The number of carbonyl (C=O) groups is 1. The third kappa shape index (κ3) is 4.81. The maximum absolute atomic E-state index is 13.1. The number of benzene rings is 2. The molecule has 3 aromatic rings. The first-order chi connectivity index (χ1) is 15.8. The SMILES string of the molecule is CCn1c(=O)oc2cc(S(=O)(=O)N3CCC(CC(=O)Nc4ccc(OC)cc4)CC3)ccc21. The molecule has 0 radical (unpaired) electrons. The molecule has 1 fully saturated rings. The number of aryl methyl sites for hydroxylation is 1. The second-order valence-corrected chi connectivity index (χ2v) is 10.0. The van der Waals surface area contributed by atoms with Crippen molar-refractivity contribution in [2.45, 2.75) is 37.6 Å². The number of methoxy groups -OCH3 is 1. The van der Waals surface area contributed by atoms with E-state index in [4.69, 9.17) is 9.15 Å². The van der Waals surface area contributed by atoms with Gasteiger partial charge in [0, 0.05) is 37.8 Å². The highest BCUT2D eigenvalue weighted by molar-refractivity contribution is 7.89. The highest BCUT2D eigenvalue weighted by atomic mass is 32.2. The Balaban J connectivity index is 1.37. The third-order valence-corrected chi connectivity index (χ3v) is 7.91. The number of anilines is 1. The number of fused-ring (bicyclic) bond motifs is 1. The lowest BCUT2D eigenvalue weighted by atomic mass is 9.94. The number of hydrogen-bond donors (Lipinski definition) is 1.